The van der Waals surface area contributed by atoms with Gasteiger partial charge in [-0.2, -0.15) is 0 Å². The van der Waals surface area contributed by atoms with E-state index >= 15 is 0 Å². The molecule has 0 aliphatic carbocycles. The Labute approximate surface area is 147 Å². The number of hydrogen-bond donors (Lipinski definition) is 0. The normalized spacial score (nSPS) is 10.7. The van der Waals surface area contributed by atoms with Crippen molar-refractivity contribution in [3.05, 3.63) is 23.9 Å². The molecule has 0 saturated heterocycles. The Bertz CT molecular complexity index is 714. The summed E-state index contributed by atoms with van der Waals surface area (Å²) >= 11 is 0. The lowest BCUT2D eigenvalue weighted by molar-refractivity contribution is -0.133. The summed E-state index contributed by atoms with van der Waals surface area (Å²) in [4.78, 5) is 13.6. The second kappa shape index (κ2) is 7.92. The number of rotatable bonds is 7. The summed E-state index contributed by atoms with van der Waals surface area (Å²) in [7, 11) is 6.41. The first-order valence-corrected chi connectivity index (χ1v) is 7.92. The van der Waals surface area contributed by atoms with Crippen LogP contribution in [-0.2, 0) is 11.3 Å². The second-order valence-corrected chi connectivity index (χ2v) is 5.95. The van der Waals surface area contributed by atoms with Gasteiger partial charge in [0.2, 0.25) is 11.7 Å². The predicted octanol–water partition coefficient (Wildman–Crippen LogP) is 2.98. The maximum atomic E-state index is 12.0. The number of ether oxygens (including phenoxy) is 3. The molecule has 7 heteroatoms. The van der Waals surface area contributed by atoms with Crippen LogP contribution < -0.4 is 14.2 Å². The first-order valence-electron chi connectivity index (χ1n) is 7.92. The van der Waals surface area contributed by atoms with Gasteiger partial charge in [-0.25, -0.2) is 0 Å². The third kappa shape index (κ3) is 4.04. The molecule has 0 aliphatic heterocycles. The Balaban J connectivity index is 2.29. The van der Waals surface area contributed by atoms with E-state index in [2.05, 4.69) is 5.16 Å². The lowest BCUT2D eigenvalue weighted by atomic mass is 10.1. The molecule has 0 atom stereocenters. The summed E-state index contributed by atoms with van der Waals surface area (Å²) in [5.41, 5.74) is 1.41. The summed E-state index contributed by atoms with van der Waals surface area (Å²) in [5.74, 6) is 2.11. The summed E-state index contributed by atoms with van der Waals surface area (Å²) in [5, 5.41) is 4.05. The van der Waals surface area contributed by atoms with Gasteiger partial charge in [0.05, 0.1) is 27.9 Å². The lowest BCUT2D eigenvalue weighted by Gasteiger charge is -2.17. The van der Waals surface area contributed by atoms with Crippen LogP contribution in [0.3, 0.4) is 0 Å². The molecular formula is C18H24N2O5. The Morgan fingerprint density at radius 3 is 2.20 bits per heavy atom. The van der Waals surface area contributed by atoms with Crippen molar-refractivity contribution in [3.8, 4) is 28.6 Å². The van der Waals surface area contributed by atoms with Gasteiger partial charge in [0, 0.05) is 24.6 Å². The zero-order valence-electron chi connectivity index (χ0n) is 15.5. The Morgan fingerprint density at radius 2 is 1.72 bits per heavy atom. The second-order valence-electron chi connectivity index (χ2n) is 5.95. The number of hydrogen-bond acceptors (Lipinski definition) is 6. The van der Waals surface area contributed by atoms with E-state index in [0.717, 1.165) is 5.56 Å². The SMILES string of the molecule is COc1cc(-c2cc(CN(C)C(=O)C(C)C)no2)cc(OC)c1OC. The molecule has 0 unspecified atom stereocenters. The molecule has 0 bridgehead atoms. The summed E-state index contributed by atoms with van der Waals surface area (Å²) < 4.78 is 21.4. The van der Waals surface area contributed by atoms with E-state index in [4.69, 9.17) is 18.7 Å². The smallest absolute Gasteiger partial charge is 0.225 e. The fourth-order valence-corrected chi connectivity index (χ4v) is 2.51. The van der Waals surface area contributed by atoms with E-state index in [1.807, 2.05) is 13.8 Å². The maximum absolute atomic E-state index is 12.0. The molecule has 2 rings (SSSR count). The molecule has 1 heterocycles. The standard InChI is InChI=1S/C18H24N2O5/c1-11(2)18(21)20(3)10-13-9-14(25-19-13)12-7-15(22-4)17(24-6)16(8-12)23-5/h7-9,11H,10H2,1-6H3. The third-order valence-corrected chi connectivity index (χ3v) is 3.78. The van der Waals surface area contributed by atoms with Gasteiger partial charge in [0.1, 0.15) is 5.69 Å². The summed E-state index contributed by atoms with van der Waals surface area (Å²) in [6.45, 7) is 4.11. The van der Waals surface area contributed by atoms with Crippen molar-refractivity contribution in [3.63, 3.8) is 0 Å². The zero-order chi connectivity index (χ0) is 18.6. The van der Waals surface area contributed by atoms with E-state index in [-0.39, 0.29) is 11.8 Å². The van der Waals surface area contributed by atoms with Crippen LogP contribution >= 0.6 is 0 Å². The molecule has 0 spiro atoms. The molecule has 0 aliphatic rings. The highest BCUT2D eigenvalue weighted by atomic mass is 16.5. The molecule has 2 aromatic rings. The highest BCUT2D eigenvalue weighted by Crippen LogP contribution is 2.41. The lowest BCUT2D eigenvalue weighted by Crippen LogP contribution is -2.30. The number of benzene rings is 1. The van der Waals surface area contributed by atoms with Gasteiger partial charge in [0.25, 0.3) is 0 Å². The molecule has 1 aromatic heterocycles. The molecule has 7 nitrogen and oxygen atoms in total. The molecular weight excluding hydrogens is 324 g/mol. The van der Waals surface area contributed by atoms with E-state index in [1.165, 1.54) is 0 Å². The number of carbonyl (C=O) groups excluding carboxylic acids is 1. The van der Waals surface area contributed by atoms with E-state index in [1.54, 1.807) is 51.5 Å². The summed E-state index contributed by atoms with van der Waals surface area (Å²) in [6.07, 6.45) is 0. The fourth-order valence-electron chi connectivity index (χ4n) is 2.51. The summed E-state index contributed by atoms with van der Waals surface area (Å²) in [6, 6.07) is 5.37. The van der Waals surface area contributed by atoms with Crippen LogP contribution in [0.25, 0.3) is 11.3 Å². The van der Waals surface area contributed by atoms with Gasteiger partial charge < -0.3 is 23.6 Å². The molecule has 0 saturated carbocycles. The van der Waals surface area contributed by atoms with Gasteiger partial charge in [-0.1, -0.05) is 19.0 Å². The molecule has 1 amide bonds. The van der Waals surface area contributed by atoms with Crippen LogP contribution in [-0.4, -0.2) is 44.3 Å². The van der Waals surface area contributed by atoms with Gasteiger partial charge >= 0.3 is 0 Å². The van der Waals surface area contributed by atoms with Crippen molar-refractivity contribution in [2.75, 3.05) is 28.4 Å². The first kappa shape index (κ1) is 18.6. The average molecular weight is 348 g/mol. The quantitative estimate of drug-likeness (QED) is 0.766. The van der Waals surface area contributed by atoms with Crippen LogP contribution in [0, 0.1) is 5.92 Å². The van der Waals surface area contributed by atoms with Crippen molar-refractivity contribution >= 4 is 5.91 Å². The van der Waals surface area contributed by atoms with Crippen LogP contribution in [0.2, 0.25) is 0 Å². The number of carbonyl (C=O) groups is 1. The van der Waals surface area contributed by atoms with Gasteiger partial charge in [-0.05, 0) is 12.1 Å². The van der Waals surface area contributed by atoms with E-state index < -0.39 is 0 Å². The van der Waals surface area contributed by atoms with Crippen LogP contribution in [0.4, 0.5) is 0 Å². The minimum atomic E-state index is -0.0634. The fraction of sp³-hybridized carbons (Fsp3) is 0.444. The zero-order valence-corrected chi connectivity index (χ0v) is 15.5. The number of aromatic nitrogens is 1. The Morgan fingerprint density at radius 1 is 1.12 bits per heavy atom. The highest BCUT2D eigenvalue weighted by Gasteiger charge is 2.18. The topological polar surface area (TPSA) is 74.0 Å². The monoisotopic (exact) mass is 348 g/mol. The van der Waals surface area contributed by atoms with Crippen molar-refractivity contribution in [1.29, 1.82) is 0 Å². The Kier molecular flexibility index (Phi) is 5.90. The van der Waals surface area contributed by atoms with Crippen molar-refractivity contribution in [2.24, 2.45) is 5.92 Å². The van der Waals surface area contributed by atoms with Crippen LogP contribution in [0.5, 0.6) is 17.2 Å². The van der Waals surface area contributed by atoms with Gasteiger partial charge in [-0.15, -0.1) is 0 Å². The largest absolute Gasteiger partial charge is 0.493 e. The maximum Gasteiger partial charge on any atom is 0.225 e. The van der Waals surface area contributed by atoms with Gasteiger partial charge in [-0.3, -0.25) is 4.79 Å². The van der Waals surface area contributed by atoms with Crippen LogP contribution in [0.1, 0.15) is 19.5 Å². The van der Waals surface area contributed by atoms with Gasteiger partial charge in [0.15, 0.2) is 17.3 Å². The minimum Gasteiger partial charge on any atom is -0.493 e. The first-order chi connectivity index (χ1) is 11.9. The van der Waals surface area contributed by atoms with Crippen molar-refractivity contribution in [2.45, 2.75) is 20.4 Å². The average Bonchev–Trinajstić information content (AvgIpc) is 3.07. The Hall–Kier alpha value is -2.70. The van der Waals surface area contributed by atoms with Crippen molar-refractivity contribution in [1.82, 2.24) is 10.1 Å². The highest BCUT2D eigenvalue weighted by molar-refractivity contribution is 5.77. The van der Waals surface area contributed by atoms with E-state index in [9.17, 15) is 4.79 Å². The molecule has 0 fully saturated rings. The van der Waals surface area contributed by atoms with E-state index in [0.29, 0.717) is 35.2 Å². The molecule has 25 heavy (non-hydrogen) atoms. The number of methoxy groups -OCH3 is 3. The molecule has 0 radical (unpaired) electrons. The van der Waals surface area contributed by atoms with Crippen LogP contribution in [0.15, 0.2) is 22.7 Å². The van der Waals surface area contributed by atoms with Crippen molar-refractivity contribution < 1.29 is 23.5 Å². The number of amides is 1. The predicted molar refractivity (Wildman–Crippen MR) is 92.9 cm³/mol. The number of nitrogens with zero attached hydrogens (tertiary/aromatic N) is 2. The minimum absolute atomic E-state index is 0.0531. The molecule has 1 aromatic carbocycles. The third-order valence-electron chi connectivity index (χ3n) is 3.78. The molecule has 0 N–H and O–H groups in total. The molecule has 136 valence electrons.